The Balaban J connectivity index is 1.78. The lowest BCUT2D eigenvalue weighted by molar-refractivity contribution is -0.149. The van der Waals surface area contributed by atoms with Crippen LogP contribution in [0.15, 0.2) is 0 Å². The fraction of sp³-hybridized carbons (Fsp3) is 0.895. The smallest absolute Gasteiger partial charge is 0.317 e. The van der Waals surface area contributed by atoms with Gasteiger partial charge in [-0.05, 0) is 39.2 Å². The number of carboxylic acid groups (broad SMARTS) is 1. The molecule has 0 radical (unpaired) electrons. The summed E-state index contributed by atoms with van der Waals surface area (Å²) in [5, 5.41) is 9.01. The molecule has 0 spiro atoms. The Morgan fingerprint density at radius 1 is 1.12 bits per heavy atom. The second kappa shape index (κ2) is 10.1. The van der Waals surface area contributed by atoms with Gasteiger partial charge < -0.3 is 14.7 Å². The van der Waals surface area contributed by atoms with Crippen molar-refractivity contribution in [2.75, 3.05) is 26.2 Å². The number of carbonyl (C=O) groups excluding carboxylic acids is 1. The van der Waals surface area contributed by atoms with Crippen molar-refractivity contribution in [3.8, 4) is 0 Å². The maximum atomic E-state index is 12.7. The van der Waals surface area contributed by atoms with E-state index in [1.165, 1.54) is 25.7 Å². The molecule has 1 N–H and O–H groups in total. The predicted octanol–water partition coefficient (Wildman–Crippen LogP) is 2.51. The minimum absolute atomic E-state index is 0.0797. The van der Waals surface area contributed by atoms with Crippen LogP contribution >= 0.6 is 0 Å². The van der Waals surface area contributed by atoms with E-state index >= 15 is 0 Å². The molecule has 0 unspecified atom stereocenters. The van der Waals surface area contributed by atoms with Gasteiger partial charge >= 0.3 is 5.97 Å². The number of hydrogen-bond acceptors (Lipinski definition) is 4. The van der Waals surface area contributed by atoms with Crippen molar-refractivity contribution in [2.24, 2.45) is 0 Å². The van der Waals surface area contributed by atoms with Crippen LogP contribution in [0.2, 0.25) is 0 Å². The molecular formula is C19H34N2O4. The van der Waals surface area contributed by atoms with E-state index in [1.54, 1.807) is 0 Å². The molecule has 1 saturated heterocycles. The van der Waals surface area contributed by atoms with Crippen molar-refractivity contribution in [1.29, 1.82) is 0 Å². The lowest BCUT2D eigenvalue weighted by Crippen LogP contribution is -2.50. The fourth-order valence-corrected chi connectivity index (χ4v) is 4.11. The number of rotatable bonds is 7. The summed E-state index contributed by atoms with van der Waals surface area (Å²) in [6.07, 6.45) is 8.62. The molecule has 1 aliphatic heterocycles. The van der Waals surface area contributed by atoms with E-state index in [-0.39, 0.29) is 30.7 Å². The molecule has 6 nitrogen and oxygen atoms in total. The van der Waals surface area contributed by atoms with E-state index in [1.807, 2.05) is 23.6 Å². The van der Waals surface area contributed by atoms with Gasteiger partial charge in [0.25, 0.3) is 5.91 Å². The number of likely N-dealkylation sites (N-methyl/N-ethyl adjacent to an activating group) is 1. The first-order valence-corrected chi connectivity index (χ1v) is 9.91. The van der Waals surface area contributed by atoms with Gasteiger partial charge in [0.1, 0.15) is 6.10 Å². The highest BCUT2D eigenvalue weighted by Gasteiger charge is 2.30. The van der Waals surface area contributed by atoms with Crippen molar-refractivity contribution in [1.82, 2.24) is 9.80 Å². The fourth-order valence-electron chi connectivity index (χ4n) is 4.11. The van der Waals surface area contributed by atoms with Crippen LogP contribution in [0, 0.1) is 0 Å². The Morgan fingerprint density at radius 2 is 1.72 bits per heavy atom. The zero-order valence-corrected chi connectivity index (χ0v) is 15.8. The van der Waals surface area contributed by atoms with Gasteiger partial charge in [-0.1, -0.05) is 32.6 Å². The molecule has 6 heteroatoms. The number of aliphatic carboxylic acids is 1. The molecule has 144 valence electrons. The molecule has 0 aromatic rings. The summed E-state index contributed by atoms with van der Waals surface area (Å²) in [6.45, 7) is 6.06. The Labute approximate surface area is 151 Å². The first-order chi connectivity index (χ1) is 12.0. The highest BCUT2D eigenvalue weighted by Crippen LogP contribution is 2.22. The molecule has 1 amide bonds. The van der Waals surface area contributed by atoms with Crippen LogP contribution in [0.5, 0.6) is 0 Å². The van der Waals surface area contributed by atoms with E-state index in [0.29, 0.717) is 13.1 Å². The van der Waals surface area contributed by atoms with Gasteiger partial charge in [-0.25, -0.2) is 0 Å². The highest BCUT2D eigenvalue weighted by atomic mass is 16.5. The van der Waals surface area contributed by atoms with E-state index in [2.05, 4.69) is 0 Å². The summed E-state index contributed by atoms with van der Waals surface area (Å²) < 4.78 is 6.06. The molecule has 2 rings (SSSR count). The third-order valence-corrected chi connectivity index (χ3v) is 5.58. The average molecular weight is 354 g/mol. The highest BCUT2D eigenvalue weighted by molar-refractivity contribution is 5.80. The molecule has 1 heterocycles. The summed E-state index contributed by atoms with van der Waals surface area (Å²) in [6, 6.07) is 0.253. The van der Waals surface area contributed by atoms with Gasteiger partial charge in [-0.15, -0.1) is 0 Å². The van der Waals surface area contributed by atoms with Crippen LogP contribution in [0.25, 0.3) is 0 Å². The third kappa shape index (κ3) is 6.26. The van der Waals surface area contributed by atoms with Gasteiger partial charge in [0.15, 0.2) is 0 Å². The Morgan fingerprint density at radius 3 is 2.24 bits per heavy atom. The molecule has 1 aliphatic carbocycles. The number of hydrogen-bond donors (Lipinski definition) is 1. The maximum absolute atomic E-state index is 12.7. The summed E-state index contributed by atoms with van der Waals surface area (Å²) in [5.74, 6) is -0.699. The SMILES string of the molecule is CCN(CC(=O)O)C1CCN(C(=O)[C@H](C)OC2CCCCCC2)CC1. The summed E-state index contributed by atoms with van der Waals surface area (Å²) in [7, 11) is 0. The van der Waals surface area contributed by atoms with Crippen molar-refractivity contribution < 1.29 is 19.4 Å². The zero-order chi connectivity index (χ0) is 18.2. The maximum Gasteiger partial charge on any atom is 0.317 e. The topological polar surface area (TPSA) is 70.1 Å². The molecule has 0 aromatic carbocycles. The molecule has 2 fully saturated rings. The van der Waals surface area contributed by atoms with Gasteiger partial charge in [0, 0.05) is 19.1 Å². The quantitative estimate of drug-likeness (QED) is 0.712. The van der Waals surface area contributed by atoms with Crippen LogP contribution in [-0.2, 0) is 14.3 Å². The summed E-state index contributed by atoms with van der Waals surface area (Å²) in [5.41, 5.74) is 0. The van der Waals surface area contributed by atoms with Crippen LogP contribution in [-0.4, -0.2) is 71.2 Å². The van der Waals surface area contributed by atoms with E-state index in [4.69, 9.17) is 9.84 Å². The lowest BCUT2D eigenvalue weighted by atomic mass is 10.0. The number of nitrogens with zero attached hydrogens (tertiary/aromatic N) is 2. The first kappa shape index (κ1) is 20.2. The van der Waals surface area contributed by atoms with Crippen molar-refractivity contribution >= 4 is 11.9 Å². The van der Waals surface area contributed by atoms with E-state index in [9.17, 15) is 9.59 Å². The third-order valence-electron chi connectivity index (χ3n) is 5.58. The van der Waals surface area contributed by atoms with Gasteiger partial charge in [-0.3, -0.25) is 14.5 Å². The first-order valence-electron chi connectivity index (χ1n) is 9.91. The predicted molar refractivity (Wildman–Crippen MR) is 96.5 cm³/mol. The molecule has 1 saturated carbocycles. The minimum atomic E-state index is -0.786. The second-order valence-electron chi connectivity index (χ2n) is 7.41. The van der Waals surface area contributed by atoms with E-state index < -0.39 is 5.97 Å². The average Bonchev–Trinajstić information content (AvgIpc) is 2.87. The number of carbonyl (C=O) groups is 2. The normalized spacial score (nSPS) is 22.0. The standard InChI is InChI=1S/C19H34N2O4/c1-3-20(14-18(22)23)16-10-12-21(13-11-16)19(24)15(2)25-17-8-6-4-5-7-9-17/h15-17H,3-14H2,1-2H3,(H,22,23)/t15-/m0/s1. The Kier molecular flexibility index (Phi) is 8.16. The van der Waals surface area contributed by atoms with Crippen LogP contribution in [0.1, 0.15) is 65.2 Å². The van der Waals surface area contributed by atoms with Crippen LogP contribution in [0.4, 0.5) is 0 Å². The van der Waals surface area contributed by atoms with Crippen LogP contribution in [0.3, 0.4) is 0 Å². The van der Waals surface area contributed by atoms with Crippen molar-refractivity contribution in [3.63, 3.8) is 0 Å². The Hall–Kier alpha value is -1.14. The number of carboxylic acids is 1. The number of likely N-dealkylation sites (tertiary alicyclic amines) is 1. The number of amides is 1. The largest absolute Gasteiger partial charge is 0.480 e. The molecular weight excluding hydrogens is 320 g/mol. The monoisotopic (exact) mass is 354 g/mol. The molecule has 0 aromatic heterocycles. The summed E-state index contributed by atoms with van der Waals surface area (Å²) in [4.78, 5) is 27.5. The molecule has 0 bridgehead atoms. The summed E-state index contributed by atoms with van der Waals surface area (Å²) >= 11 is 0. The number of piperidine rings is 1. The van der Waals surface area contributed by atoms with E-state index in [0.717, 1.165) is 32.2 Å². The minimum Gasteiger partial charge on any atom is -0.480 e. The van der Waals surface area contributed by atoms with Gasteiger partial charge in [0.2, 0.25) is 0 Å². The van der Waals surface area contributed by atoms with Crippen molar-refractivity contribution in [3.05, 3.63) is 0 Å². The zero-order valence-electron chi connectivity index (χ0n) is 15.8. The molecule has 1 atom stereocenters. The molecule has 25 heavy (non-hydrogen) atoms. The number of ether oxygens (including phenoxy) is 1. The molecule has 2 aliphatic rings. The van der Waals surface area contributed by atoms with Crippen molar-refractivity contribution in [2.45, 2.75) is 83.5 Å². The van der Waals surface area contributed by atoms with Crippen LogP contribution < -0.4 is 0 Å². The van der Waals surface area contributed by atoms with Gasteiger partial charge in [0.05, 0.1) is 12.6 Å². The van der Waals surface area contributed by atoms with Gasteiger partial charge in [-0.2, -0.15) is 0 Å². The Bertz CT molecular complexity index is 427. The lowest BCUT2D eigenvalue weighted by Gasteiger charge is -2.38. The second-order valence-corrected chi connectivity index (χ2v) is 7.41.